The molecule has 0 aliphatic heterocycles. The molecule has 0 amide bonds. The maximum Gasteiger partial charge on any atom is 0.306 e. The number of rotatable bonds is 57. The molecular weight excluding hydrogens is 997 g/mol. The summed E-state index contributed by atoms with van der Waals surface area (Å²) >= 11 is 0. The van der Waals surface area contributed by atoms with Crippen LogP contribution in [0.5, 0.6) is 0 Å². The third-order valence-corrected chi connectivity index (χ3v) is 13.2. The van der Waals surface area contributed by atoms with Crippen LogP contribution in [0.1, 0.15) is 265 Å². The Kier molecular flexibility index (Phi) is 62.9. The second kappa shape index (κ2) is 67.3. The summed E-state index contributed by atoms with van der Waals surface area (Å²) in [6.45, 7) is 6.23. The summed E-state index contributed by atoms with van der Waals surface area (Å²) in [7, 11) is 0. The van der Waals surface area contributed by atoms with Gasteiger partial charge in [-0.2, -0.15) is 0 Å². The summed E-state index contributed by atoms with van der Waals surface area (Å²) in [4.78, 5) is 38.3. The minimum atomic E-state index is -0.829. The summed E-state index contributed by atoms with van der Waals surface area (Å²) in [5.74, 6) is -1.01. The average molecular weight is 1120 g/mol. The second-order valence-electron chi connectivity index (χ2n) is 20.9. The van der Waals surface area contributed by atoms with Crippen molar-refractivity contribution in [3.05, 3.63) is 170 Å². The van der Waals surface area contributed by atoms with Gasteiger partial charge in [-0.3, -0.25) is 14.4 Å². The van der Waals surface area contributed by atoms with E-state index in [0.29, 0.717) is 19.3 Å². The molecule has 0 saturated carbocycles. The van der Waals surface area contributed by atoms with Crippen molar-refractivity contribution in [2.75, 3.05) is 13.2 Å². The van der Waals surface area contributed by atoms with Gasteiger partial charge >= 0.3 is 17.9 Å². The monoisotopic (exact) mass is 1110 g/mol. The van der Waals surface area contributed by atoms with Crippen LogP contribution in [-0.4, -0.2) is 37.2 Å². The largest absolute Gasteiger partial charge is 0.462 e. The Bertz CT molecular complexity index is 1860. The van der Waals surface area contributed by atoms with Gasteiger partial charge in [0.2, 0.25) is 0 Å². The normalized spacial score (nSPS) is 13.3. The first-order valence-corrected chi connectivity index (χ1v) is 32.6. The van der Waals surface area contributed by atoms with E-state index in [1.165, 1.54) is 77.0 Å². The number of unbranched alkanes of at least 4 members (excludes halogenated alkanes) is 18. The van der Waals surface area contributed by atoms with E-state index >= 15 is 0 Å². The quantitative estimate of drug-likeness (QED) is 0.0261. The van der Waals surface area contributed by atoms with Crippen molar-refractivity contribution in [3.63, 3.8) is 0 Å². The molecule has 0 aromatic rings. The summed E-state index contributed by atoms with van der Waals surface area (Å²) in [6.07, 6.45) is 99.4. The van der Waals surface area contributed by atoms with Crippen LogP contribution in [0.3, 0.4) is 0 Å². The van der Waals surface area contributed by atoms with Crippen molar-refractivity contribution in [2.45, 2.75) is 271 Å². The van der Waals surface area contributed by atoms with Gasteiger partial charge in [0.25, 0.3) is 0 Å². The van der Waals surface area contributed by atoms with Crippen LogP contribution in [0.15, 0.2) is 170 Å². The number of carbonyl (C=O) groups is 3. The molecule has 0 aromatic carbocycles. The molecule has 0 rings (SSSR count). The van der Waals surface area contributed by atoms with E-state index in [0.717, 1.165) is 135 Å². The van der Waals surface area contributed by atoms with Gasteiger partial charge in [-0.15, -0.1) is 0 Å². The highest BCUT2D eigenvalue weighted by Gasteiger charge is 2.19. The summed E-state index contributed by atoms with van der Waals surface area (Å²) in [6, 6.07) is 0. The van der Waals surface area contributed by atoms with Crippen LogP contribution in [0.25, 0.3) is 0 Å². The van der Waals surface area contributed by atoms with Crippen molar-refractivity contribution < 1.29 is 28.6 Å². The van der Waals surface area contributed by atoms with E-state index in [9.17, 15) is 14.4 Å². The van der Waals surface area contributed by atoms with E-state index in [1.54, 1.807) is 0 Å². The van der Waals surface area contributed by atoms with Crippen LogP contribution >= 0.6 is 0 Å². The highest BCUT2D eigenvalue weighted by atomic mass is 16.6. The Labute approximate surface area is 498 Å². The lowest BCUT2D eigenvalue weighted by molar-refractivity contribution is -0.167. The first-order chi connectivity index (χ1) is 40.0. The Morgan fingerprint density at radius 2 is 0.444 bits per heavy atom. The lowest BCUT2D eigenvalue weighted by Crippen LogP contribution is -2.30. The molecule has 0 radical (unpaired) electrons. The van der Waals surface area contributed by atoms with E-state index in [4.69, 9.17) is 14.2 Å². The molecule has 81 heavy (non-hydrogen) atoms. The molecular formula is C75H118O6. The minimum Gasteiger partial charge on any atom is -0.462 e. The highest BCUT2D eigenvalue weighted by Crippen LogP contribution is 2.15. The van der Waals surface area contributed by atoms with Crippen LogP contribution in [0.2, 0.25) is 0 Å². The van der Waals surface area contributed by atoms with Crippen molar-refractivity contribution in [2.24, 2.45) is 0 Å². The van der Waals surface area contributed by atoms with Gasteiger partial charge in [-0.05, 0) is 148 Å². The van der Waals surface area contributed by atoms with Crippen LogP contribution in [0.4, 0.5) is 0 Å². The Morgan fingerprint density at radius 3 is 0.716 bits per heavy atom. The maximum atomic E-state index is 12.9. The second-order valence-corrected chi connectivity index (χ2v) is 20.9. The van der Waals surface area contributed by atoms with Crippen LogP contribution in [-0.2, 0) is 28.6 Å². The lowest BCUT2D eigenvalue weighted by atomic mass is 10.0. The van der Waals surface area contributed by atoms with Gasteiger partial charge in [0.05, 0.1) is 0 Å². The zero-order valence-corrected chi connectivity index (χ0v) is 52.0. The number of ether oxygens (including phenoxy) is 3. The van der Waals surface area contributed by atoms with Gasteiger partial charge < -0.3 is 14.2 Å². The first kappa shape index (κ1) is 75.8. The van der Waals surface area contributed by atoms with E-state index in [2.05, 4.69) is 191 Å². The number of esters is 3. The third kappa shape index (κ3) is 65.5. The minimum absolute atomic E-state index is 0.116. The molecule has 6 nitrogen and oxygen atoms in total. The molecule has 0 fully saturated rings. The number of hydrogen-bond acceptors (Lipinski definition) is 6. The predicted octanol–water partition coefficient (Wildman–Crippen LogP) is 22.7. The van der Waals surface area contributed by atoms with Crippen molar-refractivity contribution >= 4 is 17.9 Å². The van der Waals surface area contributed by atoms with Gasteiger partial charge in [0, 0.05) is 19.3 Å². The van der Waals surface area contributed by atoms with Gasteiger partial charge in [0.15, 0.2) is 6.10 Å². The molecule has 0 heterocycles. The zero-order valence-electron chi connectivity index (χ0n) is 52.0. The lowest BCUT2D eigenvalue weighted by Gasteiger charge is -2.18. The fourth-order valence-corrected chi connectivity index (χ4v) is 8.43. The van der Waals surface area contributed by atoms with E-state index in [1.807, 2.05) is 0 Å². The van der Waals surface area contributed by atoms with Crippen molar-refractivity contribution in [3.8, 4) is 0 Å². The van der Waals surface area contributed by atoms with Crippen molar-refractivity contribution in [1.29, 1.82) is 0 Å². The van der Waals surface area contributed by atoms with E-state index in [-0.39, 0.29) is 44.0 Å². The molecule has 1 unspecified atom stereocenters. The highest BCUT2D eigenvalue weighted by molar-refractivity contribution is 5.71. The predicted molar refractivity (Wildman–Crippen MR) is 352 cm³/mol. The maximum absolute atomic E-state index is 12.9. The van der Waals surface area contributed by atoms with E-state index < -0.39 is 6.10 Å². The fraction of sp³-hybridized carbons (Fsp3) is 0.587. The topological polar surface area (TPSA) is 78.9 Å². The smallest absolute Gasteiger partial charge is 0.306 e. The molecule has 0 aliphatic carbocycles. The number of allylic oxidation sites excluding steroid dienone is 28. The Hall–Kier alpha value is -5.23. The first-order valence-electron chi connectivity index (χ1n) is 32.6. The SMILES string of the molecule is CC/C=C\C/C=C\C/C=C\C/C=C\C/C=C\C/C=C\CCCCC(=O)OC(COC(=O)CCCC/C=C\C/C=C\C/C=C\C/C=C\CC)COC(=O)CCCCCCCCCCCCCCCC/C=C\C/C=C\C/C=C\C/C=C\CC. The Balaban J connectivity index is 4.45. The van der Waals surface area contributed by atoms with Crippen molar-refractivity contribution in [1.82, 2.24) is 0 Å². The number of carbonyl (C=O) groups excluding carboxylic acids is 3. The molecule has 0 N–H and O–H groups in total. The number of hydrogen-bond donors (Lipinski definition) is 0. The summed E-state index contributed by atoms with van der Waals surface area (Å²) < 4.78 is 16.9. The van der Waals surface area contributed by atoms with Crippen LogP contribution < -0.4 is 0 Å². The molecule has 454 valence electrons. The molecule has 0 bridgehead atoms. The molecule has 0 spiro atoms. The molecule has 6 heteroatoms. The molecule has 0 aliphatic rings. The molecule has 0 aromatic heterocycles. The van der Waals surface area contributed by atoms with Gasteiger partial charge in [-0.25, -0.2) is 0 Å². The summed E-state index contributed by atoms with van der Waals surface area (Å²) in [5, 5.41) is 0. The molecule has 1 atom stereocenters. The molecule has 0 saturated heterocycles. The third-order valence-electron chi connectivity index (χ3n) is 13.2. The van der Waals surface area contributed by atoms with Crippen LogP contribution in [0, 0.1) is 0 Å². The standard InChI is InChI=1S/C75H118O6/c1-4-7-10-13-16-19-22-25-28-30-32-34-35-36-37-38-39-41-42-44-47-50-53-56-59-62-65-68-74(77)80-71-72(70-79-73(76)67-64-61-58-55-52-49-46-27-24-21-18-15-12-9-6-3)81-75(78)69-66-63-60-57-54-51-48-45-43-40-33-31-29-26-23-20-17-14-11-8-5-2/h7-12,16-21,25-29,32-34,40,45-46,48,52,54-55,57,72H,4-6,13-15,22-24,30-31,35-39,41-44,47,49-51,53,56,58-71H2,1-3H3/b10-7-,11-8-,12-9-,19-16-,20-17-,21-18-,28-25-,29-26-,34-32-,40-33-,46-27-,48-45-,55-52-,57-54-. The summed E-state index contributed by atoms with van der Waals surface area (Å²) in [5.41, 5.74) is 0. The fourth-order valence-electron chi connectivity index (χ4n) is 8.43. The van der Waals surface area contributed by atoms with Gasteiger partial charge in [-0.1, -0.05) is 268 Å². The average Bonchev–Trinajstić information content (AvgIpc) is 3.47. The zero-order chi connectivity index (χ0) is 58.5. The Morgan fingerprint density at radius 1 is 0.247 bits per heavy atom. The van der Waals surface area contributed by atoms with Gasteiger partial charge in [0.1, 0.15) is 13.2 Å².